The van der Waals surface area contributed by atoms with Crippen LogP contribution in [0.5, 0.6) is 5.75 Å². The smallest absolute Gasteiger partial charge is 0.320 e. The number of hydrogen-bond acceptors (Lipinski definition) is 3. The number of carbonyl (C=O) groups is 1. The Balaban J connectivity index is 1.80. The van der Waals surface area contributed by atoms with E-state index >= 15 is 0 Å². The van der Waals surface area contributed by atoms with Crippen LogP contribution in [0.1, 0.15) is 31.9 Å². The average Bonchev–Trinajstić information content (AvgIpc) is 3.02. The number of rotatable bonds is 7. The largest absolute Gasteiger partial charge is 0.497 e. The Kier molecular flexibility index (Phi) is 6.02. The maximum Gasteiger partial charge on any atom is 0.320 e. The zero-order chi connectivity index (χ0) is 16.7. The topological polar surface area (TPSA) is 68.2 Å². The second-order valence-corrected chi connectivity index (χ2v) is 5.40. The molecule has 0 radical (unpaired) electrons. The highest BCUT2D eigenvalue weighted by Crippen LogP contribution is 2.16. The standard InChI is InChI=1S/C17H24N4O2/c1-4-13(2)21-16(10-12-19-21)20-17(22)18-11-9-14-5-7-15(23-3)8-6-14/h5-8,10,12-13H,4,9,11H2,1-3H3,(H2,18,20,22)/t13-/m0/s1. The number of anilines is 1. The molecule has 2 rings (SSSR count). The molecule has 2 N–H and O–H groups in total. The van der Waals surface area contributed by atoms with Crippen LogP contribution < -0.4 is 15.4 Å². The number of nitrogens with zero attached hydrogens (tertiary/aromatic N) is 2. The predicted molar refractivity (Wildman–Crippen MR) is 90.9 cm³/mol. The van der Waals surface area contributed by atoms with Crippen molar-refractivity contribution in [3.63, 3.8) is 0 Å². The number of benzene rings is 1. The van der Waals surface area contributed by atoms with Gasteiger partial charge in [-0.25, -0.2) is 9.48 Å². The van der Waals surface area contributed by atoms with Gasteiger partial charge in [0, 0.05) is 12.6 Å². The van der Waals surface area contributed by atoms with Crippen LogP contribution in [-0.2, 0) is 6.42 Å². The Morgan fingerprint density at radius 1 is 1.30 bits per heavy atom. The van der Waals surface area contributed by atoms with E-state index in [9.17, 15) is 4.79 Å². The van der Waals surface area contributed by atoms with Gasteiger partial charge in [-0.1, -0.05) is 19.1 Å². The highest BCUT2D eigenvalue weighted by atomic mass is 16.5. The van der Waals surface area contributed by atoms with Crippen molar-refractivity contribution in [1.29, 1.82) is 0 Å². The fourth-order valence-electron chi connectivity index (χ4n) is 2.21. The van der Waals surface area contributed by atoms with Crippen LogP contribution in [0.4, 0.5) is 10.6 Å². The van der Waals surface area contributed by atoms with Crippen molar-refractivity contribution in [3.05, 3.63) is 42.1 Å². The number of urea groups is 1. The number of carbonyl (C=O) groups excluding carboxylic acids is 1. The lowest BCUT2D eigenvalue weighted by Gasteiger charge is -2.14. The van der Waals surface area contributed by atoms with Gasteiger partial charge < -0.3 is 10.1 Å². The number of amides is 2. The Bertz CT molecular complexity index is 622. The number of nitrogens with one attached hydrogen (secondary N) is 2. The zero-order valence-electron chi connectivity index (χ0n) is 13.9. The number of aromatic nitrogens is 2. The first-order valence-corrected chi connectivity index (χ1v) is 7.85. The van der Waals surface area contributed by atoms with E-state index in [-0.39, 0.29) is 12.1 Å². The summed E-state index contributed by atoms with van der Waals surface area (Å²) < 4.78 is 6.94. The van der Waals surface area contributed by atoms with Gasteiger partial charge in [-0.2, -0.15) is 5.10 Å². The third kappa shape index (κ3) is 4.74. The van der Waals surface area contributed by atoms with Crippen molar-refractivity contribution in [2.24, 2.45) is 0 Å². The molecule has 0 bridgehead atoms. The first kappa shape index (κ1) is 16.9. The van der Waals surface area contributed by atoms with Gasteiger partial charge in [-0.05, 0) is 37.5 Å². The van der Waals surface area contributed by atoms with Crippen LogP contribution in [-0.4, -0.2) is 29.5 Å². The fourth-order valence-corrected chi connectivity index (χ4v) is 2.21. The molecule has 23 heavy (non-hydrogen) atoms. The molecule has 0 saturated heterocycles. The highest BCUT2D eigenvalue weighted by Gasteiger charge is 2.10. The normalized spacial score (nSPS) is 11.8. The van der Waals surface area contributed by atoms with E-state index in [0.29, 0.717) is 12.4 Å². The van der Waals surface area contributed by atoms with E-state index in [2.05, 4.69) is 29.6 Å². The summed E-state index contributed by atoms with van der Waals surface area (Å²) in [6.45, 7) is 4.72. The Morgan fingerprint density at radius 3 is 2.70 bits per heavy atom. The molecule has 6 nitrogen and oxygen atoms in total. The summed E-state index contributed by atoms with van der Waals surface area (Å²) in [5.74, 6) is 1.54. The maximum absolute atomic E-state index is 12.0. The molecule has 0 aliphatic heterocycles. The Morgan fingerprint density at radius 2 is 2.04 bits per heavy atom. The number of ether oxygens (including phenoxy) is 1. The van der Waals surface area contributed by atoms with Gasteiger partial charge in [-0.3, -0.25) is 5.32 Å². The molecule has 0 saturated carbocycles. The molecular formula is C17H24N4O2. The summed E-state index contributed by atoms with van der Waals surface area (Å²) >= 11 is 0. The molecule has 0 unspecified atom stereocenters. The molecule has 1 heterocycles. The lowest BCUT2D eigenvalue weighted by atomic mass is 10.1. The molecule has 1 atom stereocenters. The number of hydrogen-bond donors (Lipinski definition) is 2. The predicted octanol–water partition coefficient (Wildman–Crippen LogP) is 3.23. The minimum atomic E-state index is -0.219. The first-order chi connectivity index (χ1) is 11.1. The third-order valence-electron chi connectivity index (χ3n) is 3.78. The van der Waals surface area contributed by atoms with Crippen molar-refractivity contribution in [2.45, 2.75) is 32.7 Å². The molecule has 0 fully saturated rings. The molecular weight excluding hydrogens is 292 g/mol. The SMILES string of the molecule is CC[C@H](C)n1nccc1NC(=O)NCCc1ccc(OC)cc1. The minimum Gasteiger partial charge on any atom is -0.497 e. The Hall–Kier alpha value is -2.50. The van der Waals surface area contributed by atoms with Crippen molar-refractivity contribution in [3.8, 4) is 5.75 Å². The molecule has 0 spiro atoms. The summed E-state index contributed by atoms with van der Waals surface area (Å²) in [6.07, 6.45) is 3.41. The summed E-state index contributed by atoms with van der Waals surface area (Å²) in [7, 11) is 1.64. The second kappa shape index (κ2) is 8.22. The van der Waals surface area contributed by atoms with E-state index in [1.54, 1.807) is 19.4 Å². The van der Waals surface area contributed by atoms with Crippen LogP contribution in [0.3, 0.4) is 0 Å². The Labute approximate surface area is 136 Å². The molecule has 124 valence electrons. The molecule has 1 aromatic heterocycles. The molecule has 0 aliphatic carbocycles. The minimum absolute atomic E-state index is 0.219. The van der Waals surface area contributed by atoms with Crippen molar-refractivity contribution in [2.75, 3.05) is 19.0 Å². The third-order valence-corrected chi connectivity index (χ3v) is 3.78. The van der Waals surface area contributed by atoms with Crippen molar-refractivity contribution >= 4 is 11.8 Å². The van der Waals surface area contributed by atoms with Gasteiger partial charge in [0.05, 0.1) is 19.3 Å². The summed E-state index contributed by atoms with van der Waals surface area (Å²) in [6, 6.07) is 9.66. The monoisotopic (exact) mass is 316 g/mol. The summed E-state index contributed by atoms with van der Waals surface area (Å²) in [4.78, 5) is 12.0. The van der Waals surface area contributed by atoms with Crippen LogP contribution >= 0.6 is 0 Å². The van der Waals surface area contributed by atoms with Gasteiger partial charge in [0.25, 0.3) is 0 Å². The van der Waals surface area contributed by atoms with Crippen LogP contribution in [0.2, 0.25) is 0 Å². The van der Waals surface area contributed by atoms with E-state index in [1.807, 2.05) is 28.9 Å². The van der Waals surface area contributed by atoms with E-state index < -0.39 is 0 Å². The van der Waals surface area contributed by atoms with Gasteiger partial charge in [0.2, 0.25) is 0 Å². The average molecular weight is 316 g/mol. The van der Waals surface area contributed by atoms with E-state index in [4.69, 9.17) is 4.74 Å². The molecule has 6 heteroatoms. The second-order valence-electron chi connectivity index (χ2n) is 5.40. The van der Waals surface area contributed by atoms with Gasteiger partial charge >= 0.3 is 6.03 Å². The van der Waals surface area contributed by atoms with E-state index in [0.717, 1.165) is 24.2 Å². The highest BCUT2D eigenvalue weighted by molar-refractivity contribution is 5.88. The van der Waals surface area contributed by atoms with Crippen molar-refractivity contribution < 1.29 is 9.53 Å². The van der Waals surface area contributed by atoms with Crippen LogP contribution in [0.25, 0.3) is 0 Å². The summed E-state index contributed by atoms with van der Waals surface area (Å²) in [5.41, 5.74) is 1.15. The molecule has 2 aromatic rings. The quantitative estimate of drug-likeness (QED) is 0.824. The van der Waals surface area contributed by atoms with Crippen LogP contribution in [0.15, 0.2) is 36.5 Å². The van der Waals surface area contributed by atoms with Gasteiger partial charge in [-0.15, -0.1) is 0 Å². The fraction of sp³-hybridized carbons (Fsp3) is 0.412. The lowest BCUT2D eigenvalue weighted by Crippen LogP contribution is -2.31. The molecule has 2 amide bonds. The lowest BCUT2D eigenvalue weighted by molar-refractivity contribution is 0.252. The molecule has 1 aromatic carbocycles. The zero-order valence-corrected chi connectivity index (χ0v) is 13.9. The van der Waals surface area contributed by atoms with Gasteiger partial charge in [0.15, 0.2) is 0 Å². The molecule has 0 aliphatic rings. The van der Waals surface area contributed by atoms with Crippen LogP contribution in [0, 0.1) is 0 Å². The van der Waals surface area contributed by atoms with E-state index in [1.165, 1.54) is 0 Å². The summed E-state index contributed by atoms with van der Waals surface area (Å²) in [5, 5.41) is 9.95. The maximum atomic E-state index is 12.0. The first-order valence-electron chi connectivity index (χ1n) is 7.85. The number of methoxy groups -OCH3 is 1. The van der Waals surface area contributed by atoms with Crippen molar-refractivity contribution in [1.82, 2.24) is 15.1 Å². The van der Waals surface area contributed by atoms with Gasteiger partial charge in [0.1, 0.15) is 11.6 Å².